The molecule has 8 heteroatoms. The Morgan fingerprint density at radius 1 is 1.21 bits per heavy atom. The Morgan fingerprint density at radius 2 is 1.93 bits per heavy atom. The van der Waals surface area contributed by atoms with Crippen molar-refractivity contribution in [2.75, 3.05) is 17.6 Å². The number of carboxylic acid groups (broad SMARTS) is 1. The molecule has 140 valence electrons. The maximum absolute atomic E-state index is 10.6. The first-order valence-electron chi connectivity index (χ1n) is 8.45. The zero-order valence-electron chi connectivity index (χ0n) is 15.4. The zero-order chi connectivity index (χ0) is 20.3. The number of rotatable bonds is 5. The molecule has 0 bridgehead atoms. The maximum atomic E-state index is 10.6. The highest BCUT2D eigenvalue weighted by atomic mass is 16.4. The number of carbonyl (C=O) groups is 1. The summed E-state index contributed by atoms with van der Waals surface area (Å²) in [4.78, 5) is 23.2. The van der Waals surface area contributed by atoms with Crippen molar-refractivity contribution in [3.05, 3.63) is 53.3 Å². The standard InChI is InChI=1S/C20H18N6O2/c1-11-3-4-14(12(2)5-11)17-6-15(16(7-21)19(22)26-17)13-8-23-20(24-9-13)25-10-18(27)28/h3-6,8-9H,10H2,1-2H3,(H2,22,26)(H,27,28)(H,23,24,25). The lowest BCUT2D eigenvalue weighted by molar-refractivity contribution is -0.134. The first-order chi connectivity index (χ1) is 13.4. The molecule has 0 spiro atoms. The number of benzene rings is 1. The summed E-state index contributed by atoms with van der Waals surface area (Å²) in [5.74, 6) is -0.705. The van der Waals surface area contributed by atoms with Crippen LogP contribution in [0.1, 0.15) is 16.7 Å². The van der Waals surface area contributed by atoms with Crippen LogP contribution in [-0.2, 0) is 4.79 Å². The summed E-state index contributed by atoms with van der Waals surface area (Å²) in [6.07, 6.45) is 3.02. The lowest BCUT2D eigenvalue weighted by Gasteiger charge is -2.12. The summed E-state index contributed by atoms with van der Waals surface area (Å²) in [5.41, 5.74) is 11.2. The Balaban J connectivity index is 2.06. The lowest BCUT2D eigenvalue weighted by Crippen LogP contribution is -2.14. The van der Waals surface area contributed by atoms with E-state index in [-0.39, 0.29) is 23.9 Å². The number of hydrogen-bond acceptors (Lipinski definition) is 7. The fourth-order valence-corrected chi connectivity index (χ4v) is 2.86. The number of aliphatic carboxylic acids is 1. The highest BCUT2D eigenvalue weighted by molar-refractivity contribution is 5.80. The number of pyridine rings is 1. The second kappa shape index (κ2) is 7.72. The van der Waals surface area contributed by atoms with E-state index in [1.165, 1.54) is 12.4 Å². The largest absolute Gasteiger partial charge is 0.480 e. The molecule has 0 aliphatic rings. The normalized spacial score (nSPS) is 10.3. The van der Waals surface area contributed by atoms with E-state index in [0.717, 1.165) is 16.7 Å². The third kappa shape index (κ3) is 3.88. The molecule has 0 amide bonds. The van der Waals surface area contributed by atoms with Crippen LogP contribution >= 0.6 is 0 Å². The minimum Gasteiger partial charge on any atom is -0.480 e. The number of anilines is 2. The Hall–Kier alpha value is -3.99. The number of nitrogens with two attached hydrogens (primary N) is 1. The Bertz CT molecular complexity index is 1090. The van der Waals surface area contributed by atoms with E-state index < -0.39 is 5.97 Å². The van der Waals surface area contributed by atoms with Crippen molar-refractivity contribution < 1.29 is 9.90 Å². The molecular weight excluding hydrogens is 356 g/mol. The average Bonchev–Trinajstić information content (AvgIpc) is 2.66. The molecule has 2 aromatic heterocycles. The molecule has 3 aromatic rings. The van der Waals surface area contributed by atoms with Crippen LogP contribution in [0.5, 0.6) is 0 Å². The van der Waals surface area contributed by atoms with Crippen molar-refractivity contribution in [3.8, 4) is 28.5 Å². The first kappa shape index (κ1) is 18.8. The predicted octanol–water partition coefficient (Wildman–Crippen LogP) is 2.77. The van der Waals surface area contributed by atoms with Crippen LogP contribution in [0.15, 0.2) is 36.7 Å². The molecule has 2 heterocycles. The van der Waals surface area contributed by atoms with Crippen molar-refractivity contribution in [1.82, 2.24) is 15.0 Å². The number of hydrogen-bond donors (Lipinski definition) is 3. The highest BCUT2D eigenvalue weighted by Gasteiger charge is 2.15. The van der Waals surface area contributed by atoms with Crippen LogP contribution in [0, 0.1) is 25.2 Å². The van der Waals surface area contributed by atoms with Crippen LogP contribution in [0.2, 0.25) is 0 Å². The fraction of sp³-hybridized carbons (Fsp3) is 0.150. The number of carboxylic acids is 1. The van der Waals surface area contributed by atoms with Gasteiger partial charge in [-0.25, -0.2) is 15.0 Å². The van der Waals surface area contributed by atoms with Crippen LogP contribution < -0.4 is 11.1 Å². The third-order valence-corrected chi connectivity index (χ3v) is 4.18. The molecule has 4 N–H and O–H groups in total. The Labute approximate surface area is 161 Å². The van der Waals surface area contributed by atoms with Gasteiger partial charge in [0.2, 0.25) is 5.95 Å². The van der Waals surface area contributed by atoms with Gasteiger partial charge in [0.05, 0.1) is 5.69 Å². The summed E-state index contributed by atoms with van der Waals surface area (Å²) in [6.45, 7) is 3.71. The quantitative estimate of drug-likeness (QED) is 0.620. The van der Waals surface area contributed by atoms with Gasteiger partial charge in [0.15, 0.2) is 0 Å². The second-order valence-electron chi connectivity index (χ2n) is 6.29. The molecule has 0 fully saturated rings. The van der Waals surface area contributed by atoms with Crippen molar-refractivity contribution in [1.29, 1.82) is 5.26 Å². The maximum Gasteiger partial charge on any atom is 0.322 e. The number of nitriles is 1. The van der Waals surface area contributed by atoms with Gasteiger partial charge < -0.3 is 16.2 Å². The molecule has 0 aliphatic heterocycles. The Morgan fingerprint density at radius 3 is 2.54 bits per heavy atom. The van der Waals surface area contributed by atoms with Crippen LogP contribution in [0.4, 0.5) is 11.8 Å². The van der Waals surface area contributed by atoms with Crippen molar-refractivity contribution in [3.63, 3.8) is 0 Å². The summed E-state index contributed by atoms with van der Waals surface area (Å²) in [5, 5.41) is 20.8. The van der Waals surface area contributed by atoms with Crippen molar-refractivity contribution in [2.24, 2.45) is 0 Å². The number of nitrogens with zero attached hydrogens (tertiary/aromatic N) is 4. The van der Waals surface area contributed by atoms with Gasteiger partial charge in [-0.1, -0.05) is 23.8 Å². The minimum atomic E-state index is -1.01. The smallest absolute Gasteiger partial charge is 0.322 e. The van der Waals surface area contributed by atoms with Gasteiger partial charge in [-0.05, 0) is 25.5 Å². The molecule has 3 rings (SSSR count). The van der Waals surface area contributed by atoms with Gasteiger partial charge >= 0.3 is 5.97 Å². The monoisotopic (exact) mass is 374 g/mol. The number of aryl methyl sites for hydroxylation is 2. The molecule has 0 saturated carbocycles. The van der Waals surface area contributed by atoms with Crippen molar-refractivity contribution in [2.45, 2.75) is 13.8 Å². The third-order valence-electron chi connectivity index (χ3n) is 4.18. The SMILES string of the molecule is Cc1ccc(-c2cc(-c3cnc(NCC(=O)O)nc3)c(C#N)c(N)n2)c(C)c1. The van der Waals surface area contributed by atoms with Crippen molar-refractivity contribution >= 4 is 17.7 Å². The summed E-state index contributed by atoms with van der Waals surface area (Å²) >= 11 is 0. The molecule has 0 aliphatic carbocycles. The molecule has 0 atom stereocenters. The minimum absolute atomic E-state index is 0.128. The van der Waals surface area contributed by atoms with E-state index in [1.807, 2.05) is 26.0 Å². The predicted molar refractivity (Wildman–Crippen MR) is 105 cm³/mol. The molecule has 1 aromatic carbocycles. The molecular formula is C20H18N6O2. The van der Waals surface area contributed by atoms with Gasteiger partial charge in [0, 0.05) is 29.1 Å². The molecule has 0 saturated heterocycles. The van der Waals surface area contributed by atoms with Gasteiger partial charge in [-0.2, -0.15) is 5.26 Å². The van der Waals surface area contributed by atoms with Gasteiger partial charge in [0.25, 0.3) is 0 Å². The Kier molecular flexibility index (Phi) is 5.18. The highest BCUT2D eigenvalue weighted by Crippen LogP contribution is 2.32. The van der Waals surface area contributed by atoms with Gasteiger partial charge in [-0.3, -0.25) is 4.79 Å². The average molecular weight is 374 g/mol. The summed E-state index contributed by atoms with van der Waals surface area (Å²) in [7, 11) is 0. The van der Waals surface area contributed by atoms with E-state index in [9.17, 15) is 10.1 Å². The van der Waals surface area contributed by atoms with Gasteiger partial charge in [-0.15, -0.1) is 0 Å². The van der Waals surface area contributed by atoms with E-state index >= 15 is 0 Å². The second-order valence-corrected chi connectivity index (χ2v) is 6.29. The molecule has 0 unspecified atom stereocenters. The van der Waals surface area contributed by atoms with E-state index in [4.69, 9.17) is 10.8 Å². The van der Waals surface area contributed by atoms with Crippen LogP contribution in [0.25, 0.3) is 22.4 Å². The lowest BCUT2D eigenvalue weighted by atomic mass is 9.97. The molecule has 28 heavy (non-hydrogen) atoms. The molecule has 0 radical (unpaired) electrons. The first-order valence-corrected chi connectivity index (χ1v) is 8.45. The van der Waals surface area contributed by atoms with E-state index in [2.05, 4.69) is 32.4 Å². The summed E-state index contributed by atoms with van der Waals surface area (Å²) in [6, 6.07) is 9.88. The van der Waals surface area contributed by atoms with Gasteiger partial charge in [0.1, 0.15) is 24.0 Å². The van der Waals surface area contributed by atoms with E-state index in [1.54, 1.807) is 6.07 Å². The number of nitrogens with one attached hydrogen (secondary N) is 1. The number of nitrogen functional groups attached to an aromatic ring is 1. The van der Waals surface area contributed by atoms with E-state index in [0.29, 0.717) is 16.8 Å². The summed E-state index contributed by atoms with van der Waals surface area (Å²) < 4.78 is 0. The van der Waals surface area contributed by atoms with Crippen LogP contribution in [-0.4, -0.2) is 32.6 Å². The number of aromatic nitrogens is 3. The molecule has 8 nitrogen and oxygen atoms in total. The van der Waals surface area contributed by atoms with Crippen LogP contribution in [0.3, 0.4) is 0 Å². The fourth-order valence-electron chi connectivity index (χ4n) is 2.86. The topological polar surface area (TPSA) is 138 Å². The zero-order valence-corrected chi connectivity index (χ0v) is 15.4.